The zero-order chi connectivity index (χ0) is 18.0. The Balaban J connectivity index is 1.80. The zero-order valence-corrected chi connectivity index (χ0v) is 13.5. The molecule has 0 radical (unpaired) electrons. The van der Waals surface area contributed by atoms with Crippen LogP contribution in [-0.2, 0) is 4.74 Å². The van der Waals surface area contributed by atoms with Crippen LogP contribution < -0.4 is 4.74 Å². The molecule has 7 heteroatoms. The fourth-order valence-corrected chi connectivity index (χ4v) is 2.75. The molecular weight excluding hydrogens is 332 g/mol. The minimum atomic E-state index is -1.17. The third-order valence-corrected chi connectivity index (χ3v) is 4.08. The largest absolute Gasteiger partial charge is 0.503 e. The van der Waals surface area contributed by atoms with E-state index in [1.807, 2.05) is 18.2 Å². The van der Waals surface area contributed by atoms with Gasteiger partial charge in [-0.3, -0.25) is 4.79 Å². The molecule has 0 spiro atoms. The van der Waals surface area contributed by atoms with Gasteiger partial charge in [-0.25, -0.2) is 8.78 Å². The lowest BCUT2D eigenvalue weighted by atomic mass is 10.1. The Morgan fingerprint density at radius 3 is 2.68 bits per heavy atom. The fraction of sp³-hybridized carbons (Fsp3) is 0.278. The van der Waals surface area contributed by atoms with Crippen molar-refractivity contribution in [3.05, 3.63) is 59.2 Å². The molecule has 1 amide bonds. The molecule has 1 heterocycles. The van der Waals surface area contributed by atoms with E-state index in [0.29, 0.717) is 18.9 Å². The van der Waals surface area contributed by atoms with Crippen molar-refractivity contribution in [2.45, 2.75) is 6.10 Å². The van der Waals surface area contributed by atoms with Gasteiger partial charge in [0, 0.05) is 12.1 Å². The van der Waals surface area contributed by atoms with Crippen LogP contribution in [0.5, 0.6) is 11.5 Å². The SMILES string of the molecule is COc1cccc([C@H]2CN(C(=O)c3cc(F)c(O)c(F)c3)CCO2)c1. The van der Waals surface area contributed by atoms with Crippen LogP contribution in [0, 0.1) is 11.6 Å². The molecule has 132 valence electrons. The molecule has 0 aliphatic carbocycles. The number of nitrogens with zero attached hydrogens (tertiary/aromatic N) is 1. The van der Waals surface area contributed by atoms with Gasteiger partial charge in [0.2, 0.25) is 0 Å². The number of rotatable bonds is 3. The Bertz CT molecular complexity index is 773. The van der Waals surface area contributed by atoms with Crippen molar-refractivity contribution in [3.63, 3.8) is 0 Å². The lowest BCUT2D eigenvalue weighted by Crippen LogP contribution is -2.42. The Hall–Kier alpha value is -2.67. The van der Waals surface area contributed by atoms with E-state index in [1.54, 1.807) is 13.2 Å². The van der Waals surface area contributed by atoms with Crippen molar-refractivity contribution in [2.75, 3.05) is 26.8 Å². The van der Waals surface area contributed by atoms with E-state index in [-0.39, 0.29) is 18.2 Å². The first-order valence-electron chi connectivity index (χ1n) is 7.72. The number of aromatic hydroxyl groups is 1. The van der Waals surface area contributed by atoms with Gasteiger partial charge in [-0.05, 0) is 29.8 Å². The van der Waals surface area contributed by atoms with Gasteiger partial charge in [-0.1, -0.05) is 12.1 Å². The van der Waals surface area contributed by atoms with Gasteiger partial charge < -0.3 is 19.5 Å². The average molecular weight is 349 g/mol. The molecular formula is C18H17F2NO4. The first-order valence-corrected chi connectivity index (χ1v) is 7.72. The first kappa shape index (κ1) is 17.2. The van der Waals surface area contributed by atoms with E-state index in [1.165, 1.54) is 4.90 Å². The summed E-state index contributed by atoms with van der Waals surface area (Å²) in [7, 11) is 1.56. The number of amides is 1. The molecule has 5 nitrogen and oxygen atoms in total. The Morgan fingerprint density at radius 1 is 1.28 bits per heavy atom. The normalized spacial score (nSPS) is 17.4. The Morgan fingerprint density at radius 2 is 2.00 bits per heavy atom. The predicted octanol–water partition coefficient (Wildman–Crippen LogP) is 2.89. The molecule has 3 rings (SSSR count). The predicted molar refractivity (Wildman–Crippen MR) is 85.6 cm³/mol. The summed E-state index contributed by atoms with van der Waals surface area (Å²) >= 11 is 0. The molecule has 1 atom stereocenters. The van der Waals surface area contributed by atoms with Gasteiger partial charge in [-0.15, -0.1) is 0 Å². The molecule has 1 aliphatic heterocycles. The number of hydrogen-bond donors (Lipinski definition) is 1. The van der Waals surface area contributed by atoms with Crippen molar-refractivity contribution in [1.29, 1.82) is 0 Å². The van der Waals surface area contributed by atoms with E-state index >= 15 is 0 Å². The highest BCUT2D eigenvalue weighted by Gasteiger charge is 2.27. The van der Waals surface area contributed by atoms with E-state index < -0.39 is 23.3 Å². The van der Waals surface area contributed by atoms with Gasteiger partial charge >= 0.3 is 0 Å². The van der Waals surface area contributed by atoms with Gasteiger partial charge in [0.1, 0.15) is 11.9 Å². The molecule has 1 fully saturated rings. The van der Waals surface area contributed by atoms with Crippen LogP contribution in [0.2, 0.25) is 0 Å². The second-order valence-electron chi connectivity index (χ2n) is 5.68. The summed E-state index contributed by atoms with van der Waals surface area (Å²) in [6, 6.07) is 8.97. The van der Waals surface area contributed by atoms with Gasteiger partial charge in [0.15, 0.2) is 17.4 Å². The summed E-state index contributed by atoms with van der Waals surface area (Å²) < 4.78 is 37.9. The third kappa shape index (κ3) is 3.56. The zero-order valence-electron chi connectivity index (χ0n) is 13.5. The van der Waals surface area contributed by atoms with Crippen LogP contribution in [-0.4, -0.2) is 42.7 Å². The lowest BCUT2D eigenvalue weighted by molar-refractivity contribution is -0.0229. The van der Waals surface area contributed by atoms with Crippen LogP contribution in [0.3, 0.4) is 0 Å². The van der Waals surface area contributed by atoms with Gasteiger partial charge in [-0.2, -0.15) is 0 Å². The minimum absolute atomic E-state index is 0.154. The van der Waals surface area contributed by atoms with E-state index in [2.05, 4.69) is 0 Å². The topological polar surface area (TPSA) is 59.0 Å². The Labute approximate surface area is 143 Å². The van der Waals surface area contributed by atoms with Crippen molar-refractivity contribution < 1.29 is 28.2 Å². The number of ether oxygens (including phenoxy) is 2. The summed E-state index contributed by atoms with van der Waals surface area (Å²) in [5, 5.41) is 9.16. The maximum atomic E-state index is 13.5. The lowest BCUT2D eigenvalue weighted by Gasteiger charge is -2.33. The second kappa shape index (κ2) is 7.06. The van der Waals surface area contributed by atoms with E-state index in [4.69, 9.17) is 14.6 Å². The third-order valence-electron chi connectivity index (χ3n) is 4.08. The molecule has 1 aliphatic rings. The number of phenols is 1. The standard InChI is InChI=1S/C18H17F2NO4/c1-24-13-4-2-3-11(7-13)16-10-21(5-6-25-16)18(23)12-8-14(19)17(22)15(20)9-12/h2-4,7-9,16,22H,5-6,10H2,1H3/t16-/m1/s1. The highest BCUT2D eigenvalue weighted by molar-refractivity contribution is 5.94. The summed E-state index contributed by atoms with van der Waals surface area (Å²) in [5.41, 5.74) is 0.694. The van der Waals surface area contributed by atoms with Gasteiger partial charge in [0.25, 0.3) is 5.91 Å². The molecule has 0 saturated carbocycles. The monoisotopic (exact) mass is 349 g/mol. The highest BCUT2D eigenvalue weighted by Crippen LogP contribution is 2.27. The number of carbonyl (C=O) groups is 1. The maximum absolute atomic E-state index is 13.5. The summed E-state index contributed by atoms with van der Waals surface area (Å²) in [6.07, 6.45) is -0.361. The molecule has 2 aromatic carbocycles. The average Bonchev–Trinajstić information content (AvgIpc) is 2.65. The van der Waals surface area contributed by atoms with Crippen molar-refractivity contribution in [3.8, 4) is 11.5 Å². The Kier molecular flexibility index (Phi) is 4.85. The van der Waals surface area contributed by atoms with Crippen LogP contribution >= 0.6 is 0 Å². The number of carbonyl (C=O) groups excluding carboxylic acids is 1. The van der Waals surface area contributed by atoms with E-state index in [0.717, 1.165) is 17.7 Å². The highest BCUT2D eigenvalue weighted by atomic mass is 19.1. The molecule has 2 aromatic rings. The number of phenolic OH excluding ortho intramolecular Hbond substituents is 1. The van der Waals surface area contributed by atoms with E-state index in [9.17, 15) is 13.6 Å². The summed E-state index contributed by atoms with van der Waals surface area (Å²) in [6.45, 7) is 0.857. The first-order chi connectivity index (χ1) is 12.0. The van der Waals surface area contributed by atoms with Crippen LogP contribution in [0.25, 0.3) is 0 Å². The molecule has 0 bridgehead atoms. The van der Waals surface area contributed by atoms with Crippen molar-refractivity contribution >= 4 is 5.91 Å². The smallest absolute Gasteiger partial charge is 0.254 e. The van der Waals surface area contributed by atoms with Crippen LogP contribution in [0.1, 0.15) is 22.0 Å². The van der Waals surface area contributed by atoms with Crippen molar-refractivity contribution in [1.82, 2.24) is 4.90 Å². The quantitative estimate of drug-likeness (QED) is 0.926. The summed E-state index contributed by atoms with van der Waals surface area (Å²) in [4.78, 5) is 14.0. The number of hydrogen-bond acceptors (Lipinski definition) is 4. The number of benzene rings is 2. The molecule has 0 unspecified atom stereocenters. The molecule has 25 heavy (non-hydrogen) atoms. The van der Waals surface area contributed by atoms with Crippen LogP contribution in [0.15, 0.2) is 36.4 Å². The maximum Gasteiger partial charge on any atom is 0.254 e. The second-order valence-corrected chi connectivity index (χ2v) is 5.68. The molecule has 1 N–H and O–H groups in total. The molecule has 1 saturated heterocycles. The molecule has 0 aromatic heterocycles. The number of methoxy groups -OCH3 is 1. The fourth-order valence-electron chi connectivity index (χ4n) is 2.75. The van der Waals surface area contributed by atoms with Gasteiger partial charge in [0.05, 0.1) is 20.3 Å². The summed E-state index contributed by atoms with van der Waals surface area (Å²) in [5.74, 6) is -3.27. The minimum Gasteiger partial charge on any atom is -0.503 e. The number of morpholine rings is 1. The van der Waals surface area contributed by atoms with Crippen LogP contribution in [0.4, 0.5) is 8.78 Å². The van der Waals surface area contributed by atoms with Crippen molar-refractivity contribution in [2.24, 2.45) is 0 Å². The number of halogens is 2.